The van der Waals surface area contributed by atoms with Crippen LogP contribution in [0.4, 0.5) is 17.1 Å². The molecule has 0 spiro atoms. The minimum absolute atomic E-state index is 1.07. The molecule has 0 aromatic heterocycles. The standard InChI is InChI=1S/C62H43N/c1-6-20-44(21-7-1)45-36-40-51(41-37-45)63(62-54(46-22-8-2-9-23-46)33-19-34-55(62)47-24-10-3-11-25-47)52-42-38-48(39-43-52)53-32-18-35-58-56-30-16-17-31-57(56)59(49-26-12-4-13-27-49)60(61(53)58)50-28-14-5-15-29-50/h1-43H. The molecule has 0 aliphatic heterocycles. The van der Waals surface area contributed by atoms with Gasteiger partial charge >= 0.3 is 0 Å². The van der Waals surface area contributed by atoms with Gasteiger partial charge in [0.15, 0.2) is 0 Å². The van der Waals surface area contributed by atoms with Crippen molar-refractivity contribution < 1.29 is 0 Å². The van der Waals surface area contributed by atoms with Gasteiger partial charge in [-0.1, -0.05) is 237 Å². The highest BCUT2D eigenvalue weighted by Crippen LogP contribution is 2.50. The highest BCUT2D eigenvalue weighted by molar-refractivity contribution is 6.25. The number of anilines is 3. The van der Waals surface area contributed by atoms with Gasteiger partial charge in [-0.3, -0.25) is 0 Å². The first-order valence-electron chi connectivity index (χ1n) is 21.7. The van der Waals surface area contributed by atoms with E-state index in [9.17, 15) is 0 Å². The third-order valence-corrected chi connectivity index (χ3v) is 12.3. The van der Waals surface area contributed by atoms with Gasteiger partial charge in [0.2, 0.25) is 0 Å². The third kappa shape index (κ3) is 7.06. The first-order valence-corrected chi connectivity index (χ1v) is 21.7. The zero-order valence-corrected chi connectivity index (χ0v) is 34.8. The van der Waals surface area contributed by atoms with Gasteiger partial charge in [-0.15, -0.1) is 0 Å². The number of rotatable bonds is 9. The molecule has 1 heteroatoms. The van der Waals surface area contributed by atoms with E-state index in [0.717, 1.165) is 33.8 Å². The summed E-state index contributed by atoms with van der Waals surface area (Å²) in [5, 5.41) is 5.00. The molecule has 0 heterocycles. The number of hydrogen-bond acceptors (Lipinski definition) is 1. The number of fused-ring (bicyclic) bond motifs is 3. The van der Waals surface area contributed by atoms with Crippen LogP contribution in [0.1, 0.15) is 0 Å². The molecule has 0 saturated carbocycles. The summed E-state index contributed by atoms with van der Waals surface area (Å²) in [5.74, 6) is 0. The van der Waals surface area contributed by atoms with Crippen LogP contribution in [0.3, 0.4) is 0 Å². The van der Waals surface area contributed by atoms with E-state index >= 15 is 0 Å². The van der Waals surface area contributed by atoms with E-state index in [2.05, 4.69) is 266 Å². The van der Waals surface area contributed by atoms with Gasteiger partial charge in [0.1, 0.15) is 0 Å². The van der Waals surface area contributed by atoms with E-state index in [4.69, 9.17) is 0 Å². The maximum Gasteiger partial charge on any atom is 0.0618 e. The Bertz CT molecular complexity index is 3270. The lowest BCUT2D eigenvalue weighted by molar-refractivity contribution is 1.28. The zero-order valence-electron chi connectivity index (χ0n) is 34.8. The molecule has 0 N–H and O–H groups in total. The largest absolute Gasteiger partial charge is 0.309 e. The molecule has 296 valence electrons. The van der Waals surface area contributed by atoms with Crippen molar-refractivity contribution in [2.45, 2.75) is 0 Å². The van der Waals surface area contributed by atoms with Gasteiger partial charge in [0, 0.05) is 22.5 Å². The zero-order chi connectivity index (χ0) is 42.0. The van der Waals surface area contributed by atoms with Crippen molar-refractivity contribution in [2.75, 3.05) is 4.90 Å². The molecule has 0 aliphatic rings. The minimum Gasteiger partial charge on any atom is -0.309 e. The van der Waals surface area contributed by atoms with Crippen LogP contribution >= 0.6 is 0 Å². The monoisotopic (exact) mass is 801 g/mol. The summed E-state index contributed by atoms with van der Waals surface area (Å²) >= 11 is 0. The Balaban J connectivity index is 1.15. The normalized spacial score (nSPS) is 11.2. The molecule has 0 amide bonds. The molecular weight excluding hydrogens is 759 g/mol. The molecule has 11 aromatic carbocycles. The van der Waals surface area contributed by atoms with Crippen molar-refractivity contribution in [1.82, 2.24) is 0 Å². The van der Waals surface area contributed by atoms with Crippen LogP contribution in [0, 0.1) is 0 Å². The van der Waals surface area contributed by atoms with E-state index in [1.54, 1.807) is 0 Å². The van der Waals surface area contributed by atoms with Gasteiger partial charge < -0.3 is 4.90 Å². The number of para-hydroxylation sites is 1. The highest BCUT2D eigenvalue weighted by Gasteiger charge is 2.24. The number of benzene rings is 11. The van der Waals surface area contributed by atoms with E-state index in [-0.39, 0.29) is 0 Å². The average molecular weight is 802 g/mol. The topological polar surface area (TPSA) is 3.24 Å². The second-order valence-corrected chi connectivity index (χ2v) is 16.0. The number of hydrogen-bond donors (Lipinski definition) is 0. The molecule has 0 fully saturated rings. The molecule has 0 aliphatic carbocycles. The second kappa shape index (κ2) is 16.7. The van der Waals surface area contributed by atoms with E-state index in [0.29, 0.717) is 0 Å². The SMILES string of the molecule is c1ccc(-c2ccc(N(c3ccc(-c4cccc5c4c(-c4ccccc4)c(-c4ccccc4)c4ccccc45)cc3)c3c(-c4ccccc4)cccc3-c3ccccc3)cc2)cc1. The van der Waals surface area contributed by atoms with E-state index < -0.39 is 0 Å². The van der Waals surface area contributed by atoms with Gasteiger partial charge in [-0.25, -0.2) is 0 Å². The van der Waals surface area contributed by atoms with Crippen molar-refractivity contribution in [1.29, 1.82) is 0 Å². The van der Waals surface area contributed by atoms with E-state index in [1.165, 1.54) is 71.6 Å². The second-order valence-electron chi connectivity index (χ2n) is 16.0. The Morgan fingerprint density at radius 2 is 0.556 bits per heavy atom. The summed E-state index contributed by atoms with van der Waals surface area (Å²) in [6.07, 6.45) is 0. The van der Waals surface area contributed by atoms with Crippen molar-refractivity contribution in [3.8, 4) is 66.8 Å². The van der Waals surface area contributed by atoms with Crippen LogP contribution in [0.25, 0.3) is 88.3 Å². The van der Waals surface area contributed by atoms with E-state index in [1.807, 2.05) is 0 Å². The summed E-state index contributed by atoms with van der Waals surface area (Å²) in [4.78, 5) is 2.45. The predicted molar refractivity (Wildman–Crippen MR) is 269 cm³/mol. The van der Waals surface area contributed by atoms with Crippen LogP contribution in [-0.2, 0) is 0 Å². The summed E-state index contributed by atoms with van der Waals surface area (Å²) in [7, 11) is 0. The van der Waals surface area contributed by atoms with Crippen molar-refractivity contribution in [3.05, 3.63) is 261 Å². The molecule has 0 saturated heterocycles. The number of nitrogens with zero attached hydrogens (tertiary/aromatic N) is 1. The van der Waals surface area contributed by atoms with Gasteiger partial charge in [-0.2, -0.15) is 0 Å². The molecule has 0 atom stereocenters. The molecule has 11 rings (SSSR count). The molecule has 63 heavy (non-hydrogen) atoms. The Kier molecular flexibility index (Phi) is 9.97. The quantitative estimate of drug-likeness (QED) is 0.131. The van der Waals surface area contributed by atoms with Crippen molar-refractivity contribution in [3.63, 3.8) is 0 Å². The maximum absolute atomic E-state index is 2.45. The lowest BCUT2D eigenvalue weighted by Crippen LogP contribution is -2.12. The van der Waals surface area contributed by atoms with Gasteiger partial charge in [0.25, 0.3) is 0 Å². The maximum atomic E-state index is 2.45. The van der Waals surface area contributed by atoms with Gasteiger partial charge in [0.05, 0.1) is 5.69 Å². The summed E-state index contributed by atoms with van der Waals surface area (Å²) in [6.45, 7) is 0. The smallest absolute Gasteiger partial charge is 0.0618 e. The molecule has 11 aromatic rings. The summed E-state index contributed by atoms with van der Waals surface area (Å²) in [6, 6.07) is 94.6. The van der Waals surface area contributed by atoms with Crippen LogP contribution in [0.2, 0.25) is 0 Å². The lowest BCUT2D eigenvalue weighted by atomic mass is 9.82. The molecule has 0 radical (unpaired) electrons. The fraction of sp³-hybridized carbons (Fsp3) is 0. The summed E-state index contributed by atoms with van der Waals surface area (Å²) in [5.41, 5.74) is 17.6. The lowest BCUT2D eigenvalue weighted by Gasteiger charge is -2.31. The molecule has 0 bridgehead atoms. The first-order chi connectivity index (χ1) is 31.3. The Morgan fingerprint density at radius 3 is 1.08 bits per heavy atom. The molecule has 1 nitrogen and oxygen atoms in total. The molecular formula is C62H43N. The van der Waals surface area contributed by atoms with Crippen LogP contribution in [-0.4, -0.2) is 0 Å². The first kappa shape index (κ1) is 37.7. The fourth-order valence-electron chi connectivity index (χ4n) is 9.40. The Morgan fingerprint density at radius 1 is 0.206 bits per heavy atom. The highest BCUT2D eigenvalue weighted by atomic mass is 15.1. The van der Waals surface area contributed by atoms with Crippen molar-refractivity contribution >= 4 is 38.6 Å². The van der Waals surface area contributed by atoms with Crippen molar-refractivity contribution in [2.24, 2.45) is 0 Å². The van der Waals surface area contributed by atoms with Crippen LogP contribution in [0.5, 0.6) is 0 Å². The van der Waals surface area contributed by atoms with Crippen LogP contribution < -0.4 is 4.90 Å². The Hall–Kier alpha value is -8.26. The third-order valence-electron chi connectivity index (χ3n) is 12.3. The minimum atomic E-state index is 1.07. The molecule has 0 unspecified atom stereocenters. The fourth-order valence-corrected chi connectivity index (χ4v) is 9.40. The predicted octanol–water partition coefficient (Wildman–Crippen LogP) is 17.5. The average Bonchev–Trinajstić information content (AvgIpc) is 3.37. The van der Waals surface area contributed by atoms with Gasteiger partial charge in [-0.05, 0) is 101 Å². The summed E-state index contributed by atoms with van der Waals surface area (Å²) < 4.78 is 0. The Labute approximate surface area is 369 Å². The van der Waals surface area contributed by atoms with Crippen LogP contribution in [0.15, 0.2) is 261 Å².